The number of rotatable bonds is 7. The van der Waals surface area contributed by atoms with E-state index in [0.717, 1.165) is 29.4 Å². The molecule has 0 spiro atoms. The van der Waals surface area contributed by atoms with Gasteiger partial charge in [0.1, 0.15) is 11.9 Å². The number of hydrogen-bond acceptors (Lipinski definition) is 4. The van der Waals surface area contributed by atoms with Gasteiger partial charge in [-0.2, -0.15) is 0 Å². The highest BCUT2D eigenvalue weighted by atomic mass is 16.1. The average Bonchev–Trinajstić information content (AvgIpc) is 3.17. The molecule has 0 bridgehead atoms. The van der Waals surface area contributed by atoms with Gasteiger partial charge in [-0.15, -0.1) is 0 Å². The Hall–Kier alpha value is -2.76. The molecule has 29 heavy (non-hydrogen) atoms. The molecule has 2 aromatic heterocycles. The Balaban J connectivity index is 0.000000771. The summed E-state index contributed by atoms with van der Waals surface area (Å²) < 4.78 is 2.00. The number of aromatic nitrogens is 2. The first-order valence-electron chi connectivity index (χ1n) is 10.5. The van der Waals surface area contributed by atoms with Gasteiger partial charge in [0.15, 0.2) is 0 Å². The van der Waals surface area contributed by atoms with E-state index in [9.17, 15) is 4.79 Å². The summed E-state index contributed by atoms with van der Waals surface area (Å²) in [7, 11) is 0. The topological polar surface area (TPSA) is 90.3 Å². The third-order valence-electron chi connectivity index (χ3n) is 4.50. The fraction of sp³-hybridized carbons (Fsp3) is 0.478. The number of amides is 1. The van der Waals surface area contributed by atoms with Crippen molar-refractivity contribution in [1.82, 2.24) is 9.55 Å². The number of pyridine rings is 1. The molecule has 0 radical (unpaired) electrons. The fourth-order valence-corrected chi connectivity index (χ4v) is 3.09. The Morgan fingerprint density at radius 2 is 2.03 bits per heavy atom. The fourth-order valence-electron chi connectivity index (χ4n) is 3.09. The van der Waals surface area contributed by atoms with Crippen LogP contribution in [0.15, 0.2) is 35.7 Å². The number of carbonyl (C=O) groups is 2. The Morgan fingerprint density at radius 3 is 2.69 bits per heavy atom. The zero-order valence-corrected chi connectivity index (χ0v) is 18.1. The second-order valence-electron chi connectivity index (χ2n) is 6.62. The molecule has 2 aromatic rings. The highest BCUT2D eigenvalue weighted by Gasteiger charge is 2.19. The number of aliphatic imine (C=N–C) groups is 1. The monoisotopic (exact) mass is 398 g/mol. The predicted octanol–water partition coefficient (Wildman–Crippen LogP) is 4.76. The summed E-state index contributed by atoms with van der Waals surface area (Å²) in [6, 6.07) is 4.28. The van der Waals surface area contributed by atoms with Crippen molar-refractivity contribution in [3.05, 3.63) is 36.3 Å². The van der Waals surface area contributed by atoms with Crippen molar-refractivity contribution in [2.45, 2.75) is 66.2 Å². The van der Waals surface area contributed by atoms with Gasteiger partial charge in [0.05, 0.1) is 5.92 Å². The Kier molecular flexibility index (Phi) is 11.2. The Morgan fingerprint density at radius 1 is 1.31 bits per heavy atom. The van der Waals surface area contributed by atoms with E-state index < -0.39 is 0 Å². The van der Waals surface area contributed by atoms with Crippen LogP contribution in [0.3, 0.4) is 0 Å². The van der Waals surface area contributed by atoms with Crippen molar-refractivity contribution in [1.29, 1.82) is 0 Å². The maximum absolute atomic E-state index is 11.4. The number of carbonyl (C=O) groups excluding carboxylic acids is 2. The van der Waals surface area contributed by atoms with Gasteiger partial charge in [0.25, 0.3) is 0 Å². The largest absolute Gasteiger partial charge is 0.369 e. The molecule has 1 aliphatic rings. The number of fused-ring (bicyclic) bond motifs is 1. The van der Waals surface area contributed by atoms with Gasteiger partial charge in [-0.05, 0) is 37.5 Å². The highest BCUT2D eigenvalue weighted by Crippen LogP contribution is 2.25. The maximum Gasteiger partial charge on any atom is 0.226 e. The van der Waals surface area contributed by atoms with Crippen LogP contribution in [0.2, 0.25) is 0 Å². The summed E-state index contributed by atoms with van der Waals surface area (Å²) in [4.78, 5) is 29.0. The number of hydrogen-bond donors (Lipinski definition) is 1. The SMILES string of the molecule is CC.CC=O.CCCCCCc1cnc2c(ccn2C2=CN=CC(C(N)=O)C2)c1. The molecule has 3 rings (SSSR count). The van der Waals surface area contributed by atoms with E-state index in [1.165, 1.54) is 38.2 Å². The van der Waals surface area contributed by atoms with E-state index in [2.05, 4.69) is 29.0 Å². The molecule has 0 aromatic carbocycles. The number of primary amides is 1. The second-order valence-corrected chi connectivity index (χ2v) is 6.62. The third kappa shape index (κ3) is 7.29. The molecule has 6 heteroatoms. The van der Waals surface area contributed by atoms with Crippen molar-refractivity contribution >= 4 is 35.1 Å². The molecule has 0 aliphatic carbocycles. The molecule has 6 nitrogen and oxygen atoms in total. The quantitative estimate of drug-likeness (QED) is 0.538. The molecule has 0 saturated carbocycles. The first-order valence-corrected chi connectivity index (χ1v) is 10.5. The number of nitrogens with two attached hydrogens (primary N) is 1. The first kappa shape index (κ1) is 24.3. The van der Waals surface area contributed by atoms with Crippen LogP contribution in [-0.2, 0) is 16.0 Å². The van der Waals surface area contributed by atoms with E-state index in [4.69, 9.17) is 10.5 Å². The predicted molar refractivity (Wildman–Crippen MR) is 121 cm³/mol. The summed E-state index contributed by atoms with van der Waals surface area (Å²) in [6.45, 7) is 7.67. The lowest BCUT2D eigenvalue weighted by Gasteiger charge is -2.16. The molecule has 1 aliphatic heterocycles. The van der Waals surface area contributed by atoms with Gasteiger partial charge in [-0.25, -0.2) is 4.98 Å². The van der Waals surface area contributed by atoms with Crippen LogP contribution in [-0.4, -0.2) is 28.0 Å². The summed E-state index contributed by atoms with van der Waals surface area (Å²) in [5.74, 6) is -0.691. The van der Waals surface area contributed by atoms with Crippen LogP contribution in [0.4, 0.5) is 0 Å². The zero-order chi connectivity index (χ0) is 21.6. The van der Waals surface area contributed by atoms with Gasteiger partial charge in [-0.3, -0.25) is 9.79 Å². The molecular weight excluding hydrogens is 364 g/mol. The lowest BCUT2D eigenvalue weighted by atomic mass is 10.0. The number of nitrogens with zero attached hydrogens (tertiary/aromatic N) is 3. The normalized spacial score (nSPS) is 14.9. The second kappa shape index (κ2) is 13.4. The molecule has 2 N–H and O–H groups in total. The maximum atomic E-state index is 11.4. The smallest absolute Gasteiger partial charge is 0.226 e. The van der Waals surface area contributed by atoms with Gasteiger partial charge in [0, 0.05) is 42.3 Å². The first-order chi connectivity index (χ1) is 14.1. The van der Waals surface area contributed by atoms with E-state index >= 15 is 0 Å². The lowest BCUT2D eigenvalue weighted by Crippen LogP contribution is -2.26. The minimum Gasteiger partial charge on any atom is -0.369 e. The van der Waals surface area contributed by atoms with E-state index in [1.54, 1.807) is 12.4 Å². The molecule has 0 saturated heterocycles. The van der Waals surface area contributed by atoms with E-state index in [-0.39, 0.29) is 11.8 Å². The van der Waals surface area contributed by atoms with Crippen molar-refractivity contribution in [2.75, 3.05) is 0 Å². The van der Waals surface area contributed by atoms with Crippen LogP contribution in [0.1, 0.15) is 65.4 Å². The molecule has 0 fully saturated rings. The van der Waals surface area contributed by atoms with Crippen LogP contribution in [0, 0.1) is 5.92 Å². The molecule has 3 heterocycles. The summed E-state index contributed by atoms with van der Waals surface area (Å²) in [5.41, 5.74) is 8.53. The summed E-state index contributed by atoms with van der Waals surface area (Å²) in [6.07, 6.45) is 14.8. The van der Waals surface area contributed by atoms with E-state index in [1.807, 2.05) is 30.8 Å². The third-order valence-corrected chi connectivity index (χ3v) is 4.50. The minimum absolute atomic E-state index is 0.344. The summed E-state index contributed by atoms with van der Waals surface area (Å²) >= 11 is 0. The molecule has 1 atom stereocenters. The number of aldehydes is 1. The standard InChI is InChI=1S/C19H24N4O.C2H4O.C2H6/c1-2-3-4-5-6-14-9-15-7-8-23(19(15)22-11-14)17-10-16(18(20)24)12-21-13-17;1-2-3;1-2/h7-9,11-13,16H,2-6,10H2,1H3,(H2,20,24);2H,1H3;1-2H3. The van der Waals surface area contributed by atoms with Crippen LogP contribution in [0.25, 0.3) is 16.7 Å². The van der Waals surface area contributed by atoms with Crippen molar-refractivity contribution in [2.24, 2.45) is 16.6 Å². The van der Waals surface area contributed by atoms with E-state index in [0.29, 0.717) is 6.42 Å². The van der Waals surface area contributed by atoms with Gasteiger partial charge in [0.2, 0.25) is 5.91 Å². The molecular formula is C23H34N4O2. The van der Waals surface area contributed by atoms with Gasteiger partial charge >= 0.3 is 0 Å². The van der Waals surface area contributed by atoms with Gasteiger partial charge in [-0.1, -0.05) is 40.0 Å². The van der Waals surface area contributed by atoms with Crippen LogP contribution >= 0.6 is 0 Å². The summed E-state index contributed by atoms with van der Waals surface area (Å²) in [5, 5.41) is 1.12. The van der Waals surface area contributed by atoms with Crippen LogP contribution in [0.5, 0.6) is 0 Å². The van der Waals surface area contributed by atoms with Crippen molar-refractivity contribution in [3.63, 3.8) is 0 Å². The highest BCUT2D eigenvalue weighted by molar-refractivity contribution is 5.95. The molecule has 1 unspecified atom stereocenters. The minimum atomic E-state index is -0.347. The Bertz CT molecular complexity index is 837. The van der Waals surface area contributed by atoms with Crippen molar-refractivity contribution in [3.8, 4) is 0 Å². The van der Waals surface area contributed by atoms with Crippen molar-refractivity contribution < 1.29 is 9.59 Å². The number of aryl methyl sites for hydroxylation is 1. The number of unbranched alkanes of at least 4 members (excludes halogenated alkanes) is 3. The van der Waals surface area contributed by atoms with Crippen LogP contribution < -0.4 is 5.73 Å². The molecule has 158 valence electrons. The number of allylic oxidation sites excluding steroid dienone is 1. The lowest BCUT2D eigenvalue weighted by molar-refractivity contribution is -0.119. The average molecular weight is 399 g/mol. The Labute approximate surface area is 173 Å². The van der Waals surface area contributed by atoms with Gasteiger partial charge < -0.3 is 15.1 Å². The molecule has 1 amide bonds. The zero-order valence-electron chi connectivity index (χ0n) is 18.1.